The lowest BCUT2D eigenvalue weighted by Gasteiger charge is -2.18. The van der Waals surface area contributed by atoms with Crippen LogP contribution in [0.15, 0.2) is 67.0 Å². The van der Waals surface area contributed by atoms with Crippen LogP contribution in [0.5, 0.6) is 0 Å². The van der Waals surface area contributed by atoms with E-state index in [9.17, 15) is 14.4 Å². The second-order valence-corrected chi connectivity index (χ2v) is 6.51. The van der Waals surface area contributed by atoms with Crippen LogP contribution in [0.2, 0.25) is 0 Å². The molecule has 3 N–H and O–H groups in total. The van der Waals surface area contributed by atoms with E-state index in [2.05, 4.69) is 20.6 Å². The lowest BCUT2D eigenvalue weighted by Crippen LogP contribution is -2.44. The monoisotopic (exact) mass is 406 g/mol. The van der Waals surface area contributed by atoms with E-state index in [1.54, 1.807) is 0 Å². The fourth-order valence-electron chi connectivity index (χ4n) is 2.86. The summed E-state index contributed by atoms with van der Waals surface area (Å²) in [5, 5.41) is 5.08. The number of H-pyrrole nitrogens is 1. The van der Waals surface area contributed by atoms with Gasteiger partial charge in [-0.05, 0) is 11.1 Å². The lowest BCUT2D eigenvalue weighted by atomic mass is 10.1. The standard InChI is InChI=1S/C22H22N4O4/c1-23-20(27)18-19(25-14-24-18)21(28)26-17(12-15-8-4-2-5-9-15)22(29)30-13-16-10-6-3-7-11-16/h2-11,14,17H,12-13H2,1H3,(H,23,27)(H,24,25)(H,26,28)/t17-/m0/s1. The highest BCUT2D eigenvalue weighted by Gasteiger charge is 2.27. The first-order chi connectivity index (χ1) is 14.6. The van der Waals surface area contributed by atoms with Crippen LogP contribution in [-0.4, -0.2) is 40.8 Å². The SMILES string of the molecule is CNC(=O)c1[nH]cnc1C(=O)N[C@@H](Cc1ccccc1)C(=O)OCc1ccccc1. The van der Waals surface area contributed by atoms with Crippen molar-refractivity contribution in [2.75, 3.05) is 7.05 Å². The van der Waals surface area contributed by atoms with Gasteiger partial charge in [0.1, 0.15) is 18.3 Å². The minimum Gasteiger partial charge on any atom is -0.459 e. The van der Waals surface area contributed by atoms with Crippen LogP contribution in [0.3, 0.4) is 0 Å². The smallest absolute Gasteiger partial charge is 0.329 e. The van der Waals surface area contributed by atoms with E-state index in [1.807, 2.05) is 60.7 Å². The molecular formula is C22H22N4O4. The van der Waals surface area contributed by atoms with E-state index in [4.69, 9.17) is 4.74 Å². The lowest BCUT2D eigenvalue weighted by molar-refractivity contribution is -0.147. The number of benzene rings is 2. The average Bonchev–Trinajstić information content (AvgIpc) is 3.28. The molecule has 0 spiro atoms. The predicted molar refractivity (Wildman–Crippen MR) is 110 cm³/mol. The molecule has 0 saturated heterocycles. The molecule has 1 heterocycles. The number of aromatic nitrogens is 2. The van der Waals surface area contributed by atoms with Gasteiger partial charge in [0.05, 0.1) is 6.33 Å². The van der Waals surface area contributed by atoms with E-state index < -0.39 is 23.8 Å². The number of ether oxygens (including phenoxy) is 1. The Hall–Kier alpha value is -3.94. The molecule has 0 aliphatic carbocycles. The Labute approximate surface area is 173 Å². The first-order valence-electron chi connectivity index (χ1n) is 9.39. The van der Waals surface area contributed by atoms with E-state index in [-0.39, 0.29) is 24.4 Å². The first kappa shape index (κ1) is 20.8. The zero-order valence-electron chi connectivity index (χ0n) is 16.4. The van der Waals surface area contributed by atoms with Gasteiger partial charge in [0, 0.05) is 13.5 Å². The first-order valence-corrected chi connectivity index (χ1v) is 9.39. The van der Waals surface area contributed by atoms with Crippen LogP contribution < -0.4 is 10.6 Å². The number of rotatable bonds is 8. The number of hydrogen-bond acceptors (Lipinski definition) is 5. The summed E-state index contributed by atoms with van der Waals surface area (Å²) in [6, 6.07) is 17.6. The molecule has 0 unspecified atom stereocenters. The number of imidazole rings is 1. The molecule has 3 aromatic rings. The molecule has 0 saturated carbocycles. The van der Waals surface area contributed by atoms with Crippen molar-refractivity contribution in [3.8, 4) is 0 Å². The molecule has 8 nitrogen and oxygen atoms in total. The third kappa shape index (κ3) is 5.32. The van der Waals surface area contributed by atoms with Crippen LogP contribution in [-0.2, 0) is 22.6 Å². The van der Waals surface area contributed by atoms with Gasteiger partial charge in [0.25, 0.3) is 11.8 Å². The summed E-state index contributed by atoms with van der Waals surface area (Å²) in [6.45, 7) is 0.0900. The summed E-state index contributed by atoms with van der Waals surface area (Å²) in [5.41, 5.74) is 1.62. The summed E-state index contributed by atoms with van der Waals surface area (Å²) < 4.78 is 5.42. The summed E-state index contributed by atoms with van der Waals surface area (Å²) >= 11 is 0. The number of nitrogens with zero attached hydrogens (tertiary/aromatic N) is 1. The highest BCUT2D eigenvalue weighted by Crippen LogP contribution is 2.09. The van der Waals surface area contributed by atoms with Crippen LogP contribution in [0, 0.1) is 0 Å². The topological polar surface area (TPSA) is 113 Å². The molecule has 0 aliphatic heterocycles. The van der Waals surface area contributed by atoms with Crippen molar-refractivity contribution < 1.29 is 19.1 Å². The van der Waals surface area contributed by atoms with Gasteiger partial charge >= 0.3 is 5.97 Å². The molecule has 8 heteroatoms. The molecule has 2 amide bonds. The van der Waals surface area contributed by atoms with Gasteiger partial charge in [-0.25, -0.2) is 9.78 Å². The summed E-state index contributed by atoms with van der Waals surface area (Å²) in [7, 11) is 1.45. The van der Waals surface area contributed by atoms with Gasteiger partial charge in [-0.1, -0.05) is 60.7 Å². The maximum atomic E-state index is 12.8. The van der Waals surface area contributed by atoms with Crippen LogP contribution in [0.1, 0.15) is 32.1 Å². The molecule has 3 rings (SSSR count). The maximum Gasteiger partial charge on any atom is 0.329 e. The number of carbonyl (C=O) groups is 3. The van der Waals surface area contributed by atoms with E-state index >= 15 is 0 Å². The fraction of sp³-hybridized carbons (Fsp3) is 0.182. The van der Waals surface area contributed by atoms with Gasteiger partial charge < -0.3 is 20.4 Å². The highest BCUT2D eigenvalue weighted by atomic mass is 16.5. The number of nitrogens with one attached hydrogen (secondary N) is 3. The van der Waals surface area contributed by atoms with Gasteiger partial charge in [-0.3, -0.25) is 9.59 Å². The normalized spacial score (nSPS) is 11.4. The molecule has 0 radical (unpaired) electrons. The van der Waals surface area contributed by atoms with Crippen molar-refractivity contribution >= 4 is 17.8 Å². The van der Waals surface area contributed by atoms with Crippen LogP contribution in [0.4, 0.5) is 0 Å². The van der Waals surface area contributed by atoms with Crippen molar-refractivity contribution in [1.82, 2.24) is 20.6 Å². The number of hydrogen-bond donors (Lipinski definition) is 3. The van der Waals surface area contributed by atoms with Gasteiger partial charge in [0.2, 0.25) is 0 Å². The van der Waals surface area contributed by atoms with E-state index in [0.29, 0.717) is 0 Å². The van der Waals surface area contributed by atoms with Crippen LogP contribution in [0.25, 0.3) is 0 Å². The van der Waals surface area contributed by atoms with Crippen molar-refractivity contribution in [3.05, 3.63) is 89.5 Å². The Bertz CT molecular complexity index is 1000. The van der Waals surface area contributed by atoms with Crippen LogP contribution >= 0.6 is 0 Å². The Morgan fingerprint density at radius 1 is 0.967 bits per heavy atom. The molecular weight excluding hydrogens is 384 g/mol. The minimum absolute atomic E-state index is 0.0196. The minimum atomic E-state index is -0.946. The number of amides is 2. The van der Waals surface area contributed by atoms with Gasteiger partial charge in [0.15, 0.2) is 5.69 Å². The molecule has 1 atom stereocenters. The Morgan fingerprint density at radius 3 is 2.23 bits per heavy atom. The molecule has 154 valence electrons. The third-order valence-electron chi connectivity index (χ3n) is 4.40. The quantitative estimate of drug-likeness (QED) is 0.494. The summed E-state index contributed by atoms with van der Waals surface area (Å²) in [6.07, 6.45) is 1.49. The second kappa shape index (κ2) is 10.0. The highest BCUT2D eigenvalue weighted by molar-refractivity contribution is 6.05. The largest absolute Gasteiger partial charge is 0.459 e. The second-order valence-electron chi connectivity index (χ2n) is 6.51. The Morgan fingerprint density at radius 2 is 1.60 bits per heavy atom. The number of aromatic amines is 1. The van der Waals surface area contributed by atoms with Crippen molar-refractivity contribution in [2.24, 2.45) is 0 Å². The Kier molecular flexibility index (Phi) is 6.94. The Balaban J connectivity index is 1.75. The fourth-order valence-corrected chi connectivity index (χ4v) is 2.86. The molecule has 0 bridgehead atoms. The van der Waals surface area contributed by atoms with Crippen molar-refractivity contribution in [1.29, 1.82) is 0 Å². The van der Waals surface area contributed by atoms with Crippen molar-refractivity contribution in [3.63, 3.8) is 0 Å². The third-order valence-corrected chi connectivity index (χ3v) is 4.40. The summed E-state index contributed by atoms with van der Waals surface area (Å²) in [5.74, 6) is -1.70. The number of carbonyl (C=O) groups excluding carboxylic acids is 3. The van der Waals surface area contributed by atoms with Crippen molar-refractivity contribution in [2.45, 2.75) is 19.1 Å². The summed E-state index contributed by atoms with van der Waals surface area (Å²) in [4.78, 5) is 44.0. The molecule has 1 aromatic heterocycles. The van der Waals surface area contributed by atoms with E-state index in [0.717, 1.165) is 11.1 Å². The average molecular weight is 406 g/mol. The number of esters is 1. The predicted octanol–water partition coefficient (Wildman–Crippen LogP) is 1.85. The maximum absolute atomic E-state index is 12.8. The molecule has 2 aromatic carbocycles. The zero-order chi connectivity index (χ0) is 21.3. The molecule has 0 fully saturated rings. The van der Waals surface area contributed by atoms with Gasteiger partial charge in [-0.15, -0.1) is 0 Å². The molecule has 0 aliphatic rings. The van der Waals surface area contributed by atoms with Gasteiger partial charge in [-0.2, -0.15) is 0 Å². The molecule has 30 heavy (non-hydrogen) atoms. The zero-order valence-corrected chi connectivity index (χ0v) is 16.4. The van der Waals surface area contributed by atoms with E-state index in [1.165, 1.54) is 13.4 Å².